The monoisotopic (exact) mass is 580 g/mol. The molecule has 0 unspecified atom stereocenters. The number of rotatable bonds is 14. The summed E-state index contributed by atoms with van der Waals surface area (Å²) in [6.45, 7) is 4.14. The van der Waals surface area contributed by atoms with Crippen LogP contribution >= 0.6 is 0 Å². The van der Waals surface area contributed by atoms with Gasteiger partial charge in [-0.3, -0.25) is 9.59 Å². The highest BCUT2D eigenvalue weighted by Gasteiger charge is 2.24. The van der Waals surface area contributed by atoms with Gasteiger partial charge in [-0.1, -0.05) is 73.9 Å². The van der Waals surface area contributed by atoms with E-state index in [-0.39, 0.29) is 17.9 Å². The second-order valence-corrected chi connectivity index (χ2v) is 11.6. The van der Waals surface area contributed by atoms with Crippen molar-refractivity contribution in [3.05, 3.63) is 102 Å². The van der Waals surface area contributed by atoms with Crippen molar-refractivity contribution in [3.8, 4) is 0 Å². The molecule has 2 amide bonds. The summed E-state index contributed by atoms with van der Waals surface area (Å²) in [4.78, 5) is 34.2. The quantitative estimate of drug-likeness (QED) is 0.126. The van der Waals surface area contributed by atoms with Gasteiger partial charge < -0.3 is 26.3 Å². The summed E-state index contributed by atoms with van der Waals surface area (Å²) in [6, 6.07) is 21.6. The van der Waals surface area contributed by atoms with Crippen molar-refractivity contribution >= 4 is 22.6 Å². The van der Waals surface area contributed by atoms with Crippen molar-refractivity contribution in [2.75, 3.05) is 6.54 Å². The maximum absolute atomic E-state index is 13.6. The number of carbonyl (C=O) groups excluding carboxylic acids is 2. The number of nitrogens with zero attached hydrogens (tertiary/aromatic N) is 1. The van der Waals surface area contributed by atoms with E-state index < -0.39 is 6.04 Å². The molecule has 1 heterocycles. The number of hydrogen-bond acceptors (Lipinski definition) is 5. The number of H-pyrrole nitrogens is 1. The highest BCUT2D eigenvalue weighted by Crippen LogP contribution is 2.24. The van der Waals surface area contributed by atoms with Gasteiger partial charge in [0.25, 0.3) is 5.91 Å². The molecule has 1 aliphatic carbocycles. The van der Waals surface area contributed by atoms with Gasteiger partial charge >= 0.3 is 0 Å². The van der Waals surface area contributed by atoms with Crippen LogP contribution in [0.15, 0.2) is 79.1 Å². The van der Waals surface area contributed by atoms with E-state index in [2.05, 4.69) is 55.5 Å². The van der Waals surface area contributed by atoms with Crippen LogP contribution in [0, 0.1) is 0 Å². The molecule has 8 heteroatoms. The number of aromatic amines is 1. The number of hydrogen-bond donors (Lipinski definition) is 5. The largest absolute Gasteiger partial charge is 0.348 e. The molecule has 226 valence electrons. The van der Waals surface area contributed by atoms with Crippen LogP contribution in [0.2, 0.25) is 0 Å². The van der Waals surface area contributed by atoms with Crippen LogP contribution in [0.5, 0.6) is 0 Å². The van der Waals surface area contributed by atoms with Gasteiger partial charge in [0.2, 0.25) is 5.91 Å². The summed E-state index contributed by atoms with van der Waals surface area (Å²) in [6.07, 6.45) is 11.2. The van der Waals surface area contributed by atoms with Crippen molar-refractivity contribution in [3.63, 3.8) is 0 Å². The molecule has 5 rings (SSSR count). The first-order chi connectivity index (χ1) is 21.1. The predicted molar refractivity (Wildman–Crippen MR) is 171 cm³/mol. The van der Waals surface area contributed by atoms with E-state index in [1.807, 2.05) is 49.4 Å². The number of fused-ring (bicyclic) bond motifs is 1. The number of nitrogens with one attached hydrogen (secondary N) is 5. The van der Waals surface area contributed by atoms with E-state index in [4.69, 9.17) is 0 Å². The van der Waals surface area contributed by atoms with E-state index >= 15 is 0 Å². The van der Waals surface area contributed by atoms with E-state index in [1.165, 1.54) is 32.1 Å². The Labute approximate surface area is 254 Å². The zero-order valence-corrected chi connectivity index (χ0v) is 25.1. The molecule has 1 fully saturated rings. The Hall–Kier alpha value is -4.01. The minimum atomic E-state index is -0.632. The van der Waals surface area contributed by atoms with Gasteiger partial charge in [-0.25, -0.2) is 4.98 Å². The third kappa shape index (κ3) is 8.75. The average molecular weight is 581 g/mol. The Balaban J connectivity index is 1.20. The van der Waals surface area contributed by atoms with Gasteiger partial charge in [0.1, 0.15) is 11.9 Å². The fourth-order valence-corrected chi connectivity index (χ4v) is 5.94. The second-order valence-electron chi connectivity index (χ2n) is 11.6. The van der Waals surface area contributed by atoms with Crippen LogP contribution in [0.3, 0.4) is 0 Å². The Morgan fingerprint density at radius 1 is 0.930 bits per heavy atom. The van der Waals surface area contributed by atoms with Crippen molar-refractivity contribution in [2.24, 2.45) is 0 Å². The summed E-state index contributed by atoms with van der Waals surface area (Å²) < 4.78 is 0. The first-order valence-electron chi connectivity index (χ1n) is 15.7. The average Bonchev–Trinajstić information content (AvgIpc) is 3.56. The summed E-state index contributed by atoms with van der Waals surface area (Å²) in [7, 11) is 0. The molecule has 1 saturated carbocycles. The van der Waals surface area contributed by atoms with Crippen molar-refractivity contribution in [1.29, 1.82) is 0 Å². The molecule has 1 aromatic heterocycles. The number of carbonyl (C=O) groups is 2. The lowest BCUT2D eigenvalue weighted by atomic mass is 9.95. The zero-order chi connectivity index (χ0) is 29.9. The Morgan fingerprint density at radius 3 is 2.51 bits per heavy atom. The predicted octanol–water partition coefficient (Wildman–Crippen LogP) is 5.53. The SMILES string of the molecule is C[C@H](NC(=O)[C@H](CCCNC1CCCCC1)NC(=O)c1ccc(CNCc2ncc[nH]2)cc1)c1cccc2ccccc12. The maximum Gasteiger partial charge on any atom is 0.251 e. The van der Waals surface area contributed by atoms with Crippen LogP contribution in [0.1, 0.15) is 85.2 Å². The topological polar surface area (TPSA) is 111 Å². The summed E-state index contributed by atoms with van der Waals surface area (Å²) in [5.41, 5.74) is 2.66. The van der Waals surface area contributed by atoms with E-state index in [9.17, 15) is 9.59 Å². The molecule has 0 radical (unpaired) electrons. The van der Waals surface area contributed by atoms with Gasteiger partial charge in [-0.05, 0) is 73.2 Å². The Bertz CT molecular complexity index is 1440. The fourth-order valence-electron chi connectivity index (χ4n) is 5.94. The van der Waals surface area contributed by atoms with E-state index in [0.717, 1.165) is 40.7 Å². The molecule has 0 bridgehead atoms. The molecule has 3 aromatic carbocycles. The molecule has 2 atom stereocenters. The van der Waals surface area contributed by atoms with E-state index in [0.29, 0.717) is 31.1 Å². The van der Waals surface area contributed by atoms with Crippen LogP contribution in [0.4, 0.5) is 0 Å². The molecule has 0 aliphatic heterocycles. The number of aromatic nitrogens is 2. The molecular formula is C35H44N6O2. The lowest BCUT2D eigenvalue weighted by molar-refractivity contribution is -0.123. The van der Waals surface area contributed by atoms with Crippen LogP contribution in [-0.2, 0) is 17.9 Å². The van der Waals surface area contributed by atoms with Gasteiger partial charge in [0.05, 0.1) is 12.6 Å². The Kier molecular flexibility index (Phi) is 10.9. The molecule has 4 aromatic rings. The standard InChI is InChI=1S/C35H44N6O2/c1-25(30-14-7-10-27-9-5-6-13-31(27)30)40-35(43)32(15-8-20-37-29-11-3-2-4-12-29)41-34(42)28-18-16-26(17-19-28)23-36-24-33-38-21-22-39-33/h5-7,9-10,13-14,16-19,21-22,25,29,32,36-37H,2-4,8,11-12,15,20,23-24H2,1H3,(H,38,39)(H,40,43)(H,41,42)/t25-,32-/m0/s1. The number of benzene rings is 3. The molecule has 43 heavy (non-hydrogen) atoms. The second kappa shape index (κ2) is 15.5. The minimum absolute atomic E-state index is 0.162. The van der Waals surface area contributed by atoms with Crippen molar-refractivity contribution in [2.45, 2.75) is 83.1 Å². The van der Waals surface area contributed by atoms with Gasteiger partial charge in [-0.15, -0.1) is 0 Å². The molecule has 5 N–H and O–H groups in total. The number of imidazole rings is 1. The number of amides is 2. The molecule has 8 nitrogen and oxygen atoms in total. The van der Waals surface area contributed by atoms with Gasteiger partial charge in [0.15, 0.2) is 0 Å². The molecule has 1 aliphatic rings. The smallest absolute Gasteiger partial charge is 0.251 e. The lowest BCUT2D eigenvalue weighted by Crippen LogP contribution is -2.47. The first kappa shape index (κ1) is 30.4. The van der Waals surface area contributed by atoms with Crippen LogP contribution < -0.4 is 21.3 Å². The Morgan fingerprint density at radius 2 is 1.72 bits per heavy atom. The van der Waals surface area contributed by atoms with Crippen LogP contribution in [-0.4, -0.2) is 40.4 Å². The van der Waals surface area contributed by atoms with Gasteiger partial charge in [-0.2, -0.15) is 0 Å². The molecular weight excluding hydrogens is 536 g/mol. The molecule has 0 spiro atoms. The zero-order valence-electron chi connectivity index (χ0n) is 25.1. The lowest BCUT2D eigenvalue weighted by Gasteiger charge is -2.24. The van der Waals surface area contributed by atoms with Crippen LogP contribution in [0.25, 0.3) is 10.8 Å². The highest BCUT2D eigenvalue weighted by molar-refractivity contribution is 5.97. The van der Waals surface area contributed by atoms with Gasteiger partial charge in [0, 0.05) is 30.5 Å². The maximum atomic E-state index is 13.6. The summed E-state index contributed by atoms with van der Waals surface area (Å²) in [5, 5.41) is 15.5. The van der Waals surface area contributed by atoms with Crippen molar-refractivity contribution < 1.29 is 9.59 Å². The van der Waals surface area contributed by atoms with E-state index in [1.54, 1.807) is 12.4 Å². The summed E-state index contributed by atoms with van der Waals surface area (Å²) >= 11 is 0. The first-order valence-corrected chi connectivity index (χ1v) is 15.7. The summed E-state index contributed by atoms with van der Waals surface area (Å²) in [5.74, 6) is 0.475. The normalized spacial score (nSPS) is 15.2. The highest BCUT2D eigenvalue weighted by atomic mass is 16.2. The molecule has 0 saturated heterocycles. The third-order valence-electron chi connectivity index (χ3n) is 8.37. The van der Waals surface area contributed by atoms with Crippen molar-refractivity contribution in [1.82, 2.24) is 31.2 Å². The minimum Gasteiger partial charge on any atom is -0.348 e. The third-order valence-corrected chi connectivity index (χ3v) is 8.37. The fraction of sp³-hybridized carbons (Fsp3) is 0.400.